The number of nitro benzene ring substituents is 1. The molecule has 27 heavy (non-hydrogen) atoms. The molecule has 7 nitrogen and oxygen atoms in total. The number of hydrogen-bond acceptors (Lipinski definition) is 7. The summed E-state index contributed by atoms with van der Waals surface area (Å²) in [6.45, 7) is 2.41. The maximum absolute atomic E-state index is 12.3. The van der Waals surface area contributed by atoms with E-state index in [2.05, 4.69) is 10.3 Å². The van der Waals surface area contributed by atoms with Crippen LogP contribution in [-0.4, -0.2) is 29.5 Å². The third-order valence-corrected chi connectivity index (χ3v) is 5.77. The van der Waals surface area contributed by atoms with E-state index in [1.165, 1.54) is 25.3 Å². The number of nitrogens with one attached hydrogen (secondary N) is 1. The second kappa shape index (κ2) is 8.28. The Morgan fingerprint density at radius 2 is 2.15 bits per heavy atom. The maximum atomic E-state index is 12.3. The quantitative estimate of drug-likeness (QED) is 0.474. The summed E-state index contributed by atoms with van der Waals surface area (Å²) in [6.07, 6.45) is 0.678. The van der Waals surface area contributed by atoms with Gasteiger partial charge < -0.3 is 10.1 Å². The average molecular weight is 403 g/mol. The summed E-state index contributed by atoms with van der Waals surface area (Å²) in [5.41, 5.74) is 0.974. The Labute approximate surface area is 163 Å². The molecule has 0 unspecified atom stereocenters. The number of carbonyl (C=O) groups is 1. The van der Waals surface area contributed by atoms with Crippen molar-refractivity contribution in [2.24, 2.45) is 0 Å². The largest absolute Gasteiger partial charge is 0.490 e. The fourth-order valence-electron chi connectivity index (χ4n) is 2.50. The molecule has 0 aliphatic rings. The van der Waals surface area contributed by atoms with Crippen molar-refractivity contribution in [2.45, 2.75) is 13.3 Å². The minimum Gasteiger partial charge on any atom is -0.490 e. The molecule has 1 amide bonds. The molecule has 0 spiro atoms. The molecule has 0 bridgehead atoms. The van der Waals surface area contributed by atoms with E-state index in [4.69, 9.17) is 4.74 Å². The van der Waals surface area contributed by atoms with E-state index in [-0.39, 0.29) is 22.9 Å². The lowest BCUT2D eigenvalue weighted by Gasteiger charge is -2.06. The fraction of sp³-hybridized carbons (Fsp3) is 0.222. The van der Waals surface area contributed by atoms with Crippen molar-refractivity contribution in [3.05, 3.63) is 61.3 Å². The summed E-state index contributed by atoms with van der Waals surface area (Å²) in [4.78, 5) is 29.5. The van der Waals surface area contributed by atoms with Crippen LogP contribution >= 0.6 is 22.7 Å². The van der Waals surface area contributed by atoms with Crippen LogP contribution in [0.1, 0.15) is 20.2 Å². The summed E-state index contributed by atoms with van der Waals surface area (Å²) >= 11 is 3.26. The van der Waals surface area contributed by atoms with Gasteiger partial charge in [-0.25, -0.2) is 4.98 Å². The van der Waals surface area contributed by atoms with E-state index in [0.717, 1.165) is 20.5 Å². The standard InChI is InChI=1S/C18H17N3O4S2/c1-11-20-14(10-26-11)17-6-4-13(27-17)7-8-19-18(22)12-3-5-16(25-2)15(9-12)21(23)24/h3-6,9-10H,7-8H2,1-2H3,(H,19,22). The number of methoxy groups -OCH3 is 1. The molecule has 1 N–H and O–H groups in total. The molecule has 0 saturated carbocycles. The van der Waals surface area contributed by atoms with Crippen molar-refractivity contribution in [3.63, 3.8) is 0 Å². The van der Waals surface area contributed by atoms with Crippen LogP contribution < -0.4 is 10.1 Å². The molecule has 2 heterocycles. The van der Waals surface area contributed by atoms with E-state index in [0.29, 0.717) is 13.0 Å². The molecular weight excluding hydrogens is 386 g/mol. The van der Waals surface area contributed by atoms with Crippen LogP contribution in [0, 0.1) is 17.0 Å². The van der Waals surface area contributed by atoms with Crippen molar-refractivity contribution >= 4 is 34.3 Å². The molecular formula is C18H17N3O4S2. The number of thiazole rings is 1. The lowest BCUT2D eigenvalue weighted by molar-refractivity contribution is -0.385. The molecule has 0 atom stereocenters. The number of carbonyl (C=O) groups excluding carboxylic acids is 1. The second-order valence-electron chi connectivity index (χ2n) is 5.67. The van der Waals surface area contributed by atoms with Gasteiger partial charge in [0, 0.05) is 28.4 Å². The molecule has 2 aromatic heterocycles. The van der Waals surface area contributed by atoms with E-state index in [1.807, 2.05) is 24.4 Å². The highest BCUT2D eigenvalue weighted by Crippen LogP contribution is 2.29. The van der Waals surface area contributed by atoms with Crippen LogP contribution in [0.25, 0.3) is 10.6 Å². The van der Waals surface area contributed by atoms with Crippen LogP contribution in [0.3, 0.4) is 0 Å². The molecule has 3 rings (SSSR count). The van der Waals surface area contributed by atoms with Crippen molar-refractivity contribution in [1.82, 2.24) is 10.3 Å². The van der Waals surface area contributed by atoms with Gasteiger partial charge in [-0.2, -0.15) is 0 Å². The smallest absolute Gasteiger partial charge is 0.311 e. The van der Waals surface area contributed by atoms with Crippen LogP contribution in [0.2, 0.25) is 0 Å². The van der Waals surface area contributed by atoms with Gasteiger partial charge >= 0.3 is 5.69 Å². The minimum atomic E-state index is -0.566. The Hall–Kier alpha value is -2.78. The SMILES string of the molecule is COc1ccc(C(=O)NCCc2ccc(-c3csc(C)n3)s2)cc1[N+](=O)[O-]. The number of amides is 1. The van der Waals surface area contributed by atoms with Gasteiger partial charge in [-0.05, 0) is 37.6 Å². The normalized spacial score (nSPS) is 10.6. The van der Waals surface area contributed by atoms with Gasteiger partial charge in [0.05, 0.1) is 27.6 Å². The molecule has 0 radical (unpaired) electrons. The summed E-state index contributed by atoms with van der Waals surface area (Å²) in [7, 11) is 1.35. The molecule has 3 aromatic rings. The van der Waals surface area contributed by atoms with Gasteiger partial charge in [-0.3, -0.25) is 14.9 Å². The first kappa shape index (κ1) is 19.0. The molecule has 0 aliphatic heterocycles. The molecule has 9 heteroatoms. The zero-order valence-electron chi connectivity index (χ0n) is 14.7. The zero-order chi connectivity index (χ0) is 19.4. The first-order valence-corrected chi connectivity index (χ1v) is 9.79. The predicted molar refractivity (Wildman–Crippen MR) is 106 cm³/mol. The predicted octanol–water partition coefficient (Wildman–Crippen LogP) is 4.07. The topological polar surface area (TPSA) is 94.4 Å². The van der Waals surface area contributed by atoms with Crippen LogP contribution in [0.4, 0.5) is 5.69 Å². The van der Waals surface area contributed by atoms with Gasteiger partial charge in [-0.1, -0.05) is 0 Å². The number of ether oxygens (including phenoxy) is 1. The van der Waals surface area contributed by atoms with Crippen LogP contribution in [0.15, 0.2) is 35.7 Å². The summed E-state index contributed by atoms with van der Waals surface area (Å²) in [5, 5.41) is 16.9. The maximum Gasteiger partial charge on any atom is 0.311 e. The van der Waals surface area contributed by atoms with E-state index < -0.39 is 4.92 Å². The first-order valence-electron chi connectivity index (χ1n) is 8.10. The highest BCUT2D eigenvalue weighted by molar-refractivity contribution is 7.16. The molecule has 1 aromatic carbocycles. The Morgan fingerprint density at radius 1 is 1.33 bits per heavy atom. The van der Waals surface area contributed by atoms with Crippen molar-refractivity contribution in [2.75, 3.05) is 13.7 Å². The van der Waals surface area contributed by atoms with Gasteiger partial charge in [-0.15, -0.1) is 22.7 Å². The molecule has 140 valence electrons. The second-order valence-corrected chi connectivity index (χ2v) is 7.90. The van der Waals surface area contributed by atoms with Gasteiger partial charge in [0.15, 0.2) is 5.75 Å². The minimum absolute atomic E-state index is 0.125. The molecule has 0 saturated heterocycles. The molecule has 0 fully saturated rings. The Kier molecular flexibility index (Phi) is 5.82. The summed E-state index contributed by atoms with van der Waals surface area (Å²) in [5.74, 6) is -0.229. The Morgan fingerprint density at radius 3 is 2.81 bits per heavy atom. The van der Waals surface area contributed by atoms with Gasteiger partial charge in [0.25, 0.3) is 5.91 Å². The van der Waals surface area contributed by atoms with Crippen molar-refractivity contribution < 1.29 is 14.5 Å². The first-order chi connectivity index (χ1) is 13.0. The number of thiophene rings is 1. The highest BCUT2D eigenvalue weighted by atomic mass is 32.1. The fourth-order valence-corrected chi connectivity index (χ4v) is 4.16. The number of aromatic nitrogens is 1. The highest BCUT2D eigenvalue weighted by Gasteiger charge is 2.18. The third kappa shape index (κ3) is 4.50. The zero-order valence-corrected chi connectivity index (χ0v) is 16.4. The Bertz CT molecular complexity index is 981. The van der Waals surface area contributed by atoms with Crippen LogP contribution in [-0.2, 0) is 6.42 Å². The lowest BCUT2D eigenvalue weighted by Crippen LogP contribution is -2.25. The third-order valence-electron chi connectivity index (χ3n) is 3.83. The van der Waals surface area contributed by atoms with Crippen LogP contribution in [0.5, 0.6) is 5.75 Å². The number of nitrogens with zero attached hydrogens (tertiary/aromatic N) is 2. The number of aryl methyl sites for hydroxylation is 1. The number of nitro groups is 1. The van der Waals surface area contributed by atoms with Gasteiger partial charge in [0.1, 0.15) is 0 Å². The number of hydrogen-bond donors (Lipinski definition) is 1. The van der Waals surface area contributed by atoms with Gasteiger partial charge in [0.2, 0.25) is 0 Å². The van der Waals surface area contributed by atoms with Crippen molar-refractivity contribution in [3.8, 4) is 16.3 Å². The summed E-state index contributed by atoms with van der Waals surface area (Å²) in [6, 6.07) is 8.22. The molecule has 0 aliphatic carbocycles. The average Bonchev–Trinajstić information content (AvgIpc) is 3.30. The van der Waals surface area contributed by atoms with Crippen molar-refractivity contribution in [1.29, 1.82) is 0 Å². The number of rotatable bonds is 7. The lowest BCUT2D eigenvalue weighted by atomic mass is 10.1. The van der Waals surface area contributed by atoms with E-state index >= 15 is 0 Å². The van der Waals surface area contributed by atoms with E-state index in [1.54, 1.807) is 22.7 Å². The van der Waals surface area contributed by atoms with E-state index in [9.17, 15) is 14.9 Å². The Balaban J connectivity index is 1.59. The number of benzene rings is 1. The summed E-state index contributed by atoms with van der Waals surface area (Å²) < 4.78 is 4.94. The monoisotopic (exact) mass is 403 g/mol.